The van der Waals surface area contributed by atoms with Crippen LogP contribution in [0.1, 0.15) is 23.5 Å². The molecule has 1 atom stereocenters. The highest BCUT2D eigenvalue weighted by Gasteiger charge is 2.26. The molecule has 2 heterocycles. The van der Waals surface area contributed by atoms with Gasteiger partial charge in [-0.1, -0.05) is 30.3 Å². The minimum absolute atomic E-state index is 0.0248. The van der Waals surface area contributed by atoms with Crippen molar-refractivity contribution in [3.05, 3.63) is 59.1 Å². The second kappa shape index (κ2) is 8.80. The highest BCUT2D eigenvalue weighted by atomic mass is 32.1. The van der Waals surface area contributed by atoms with E-state index in [1.165, 1.54) is 4.70 Å². The van der Waals surface area contributed by atoms with Crippen molar-refractivity contribution in [1.82, 2.24) is 20.1 Å². The van der Waals surface area contributed by atoms with Gasteiger partial charge in [-0.25, -0.2) is 9.78 Å². The molecule has 1 saturated heterocycles. The molecular formula is C22H26N4O2S. The van der Waals surface area contributed by atoms with Crippen molar-refractivity contribution >= 4 is 27.6 Å². The lowest BCUT2D eigenvalue weighted by Gasteiger charge is -2.37. The fourth-order valence-corrected chi connectivity index (χ4v) is 4.72. The van der Waals surface area contributed by atoms with E-state index in [1.54, 1.807) is 18.4 Å². The molecule has 1 N–H and O–H groups in total. The Bertz CT molecular complexity index is 949. The largest absolute Gasteiger partial charge is 0.496 e. The van der Waals surface area contributed by atoms with Gasteiger partial charge in [0.25, 0.3) is 0 Å². The van der Waals surface area contributed by atoms with Gasteiger partial charge in [0.1, 0.15) is 10.8 Å². The number of rotatable bonds is 5. The maximum Gasteiger partial charge on any atom is 0.317 e. The van der Waals surface area contributed by atoms with Gasteiger partial charge in [-0.2, -0.15) is 0 Å². The van der Waals surface area contributed by atoms with Gasteiger partial charge in [0.2, 0.25) is 0 Å². The monoisotopic (exact) mass is 410 g/mol. The SMILES string of the molecule is COc1ccccc1CNC(=O)N1CCN([C@H](C)c2nc3ccccc3s2)CC1. The van der Waals surface area contributed by atoms with Crippen LogP contribution in [0, 0.1) is 0 Å². The van der Waals surface area contributed by atoms with E-state index < -0.39 is 0 Å². The zero-order chi connectivity index (χ0) is 20.2. The second-order valence-corrected chi connectivity index (χ2v) is 8.25. The summed E-state index contributed by atoms with van der Waals surface area (Å²) in [6.45, 7) is 5.79. The molecule has 0 spiro atoms. The minimum atomic E-state index is -0.0248. The number of hydrogen-bond acceptors (Lipinski definition) is 5. The number of para-hydroxylation sites is 2. The van der Waals surface area contributed by atoms with Crippen molar-refractivity contribution in [2.24, 2.45) is 0 Å². The predicted octanol–water partition coefficient (Wildman–Crippen LogP) is 3.89. The molecule has 0 unspecified atom stereocenters. The number of benzene rings is 2. The fourth-order valence-electron chi connectivity index (χ4n) is 3.67. The molecule has 3 aromatic rings. The van der Waals surface area contributed by atoms with Crippen molar-refractivity contribution in [2.45, 2.75) is 19.5 Å². The summed E-state index contributed by atoms with van der Waals surface area (Å²) in [7, 11) is 1.65. The lowest BCUT2D eigenvalue weighted by molar-refractivity contribution is 0.114. The van der Waals surface area contributed by atoms with Crippen molar-refractivity contribution < 1.29 is 9.53 Å². The van der Waals surface area contributed by atoms with Gasteiger partial charge < -0.3 is 15.0 Å². The Hall–Kier alpha value is -2.64. The van der Waals surface area contributed by atoms with E-state index in [2.05, 4.69) is 35.3 Å². The summed E-state index contributed by atoms with van der Waals surface area (Å²) in [5.41, 5.74) is 2.04. The number of carbonyl (C=O) groups is 1. The van der Waals surface area contributed by atoms with Gasteiger partial charge in [-0.05, 0) is 25.1 Å². The number of hydrogen-bond donors (Lipinski definition) is 1. The van der Waals surface area contributed by atoms with Crippen LogP contribution in [0.2, 0.25) is 0 Å². The van der Waals surface area contributed by atoms with Crippen LogP contribution in [0.4, 0.5) is 4.79 Å². The lowest BCUT2D eigenvalue weighted by Crippen LogP contribution is -2.52. The third-order valence-electron chi connectivity index (χ3n) is 5.44. The molecule has 152 valence electrons. The molecule has 6 nitrogen and oxygen atoms in total. The van der Waals surface area contributed by atoms with Crippen molar-refractivity contribution in [1.29, 1.82) is 0 Å². The molecule has 1 aromatic heterocycles. The first-order chi connectivity index (χ1) is 14.2. The molecule has 2 aromatic carbocycles. The molecule has 0 radical (unpaired) electrons. The van der Waals surface area contributed by atoms with Crippen LogP contribution in [0.3, 0.4) is 0 Å². The van der Waals surface area contributed by atoms with E-state index >= 15 is 0 Å². The number of thiazole rings is 1. The average Bonchev–Trinajstić information content (AvgIpc) is 3.21. The maximum absolute atomic E-state index is 12.6. The van der Waals surface area contributed by atoms with Gasteiger partial charge in [0, 0.05) is 38.3 Å². The standard InChI is InChI=1S/C22H26N4O2S/c1-16(21-24-18-8-4-6-10-20(18)29-21)25-11-13-26(14-12-25)22(27)23-15-17-7-3-5-9-19(17)28-2/h3-10,16H,11-15H2,1-2H3,(H,23,27)/t16-/m1/s1. The van der Waals surface area contributed by atoms with E-state index in [0.29, 0.717) is 19.6 Å². The molecular weight excluding hydrogens is 384 g/mol. The Morgan fingerprint density at radius 1 is 1.14 bits per heavy atom. The molecule has 0 bridgehead atoms. The van der Waals surface area contributed by atoms with Crippen LogP contribution >= 0.6 is 11.3 Å². The second-order valence-electron chi connectivity index (χ2n) is 7.19. The Labute approximate surface area is 175 Å². The summed E-state index contributed by atoms with van der Waals surface area (Å²) in [6.07, 6.45) is 0. The quantitative estimate of drug-likeness (QED) is 0.693. The topological polar surface area (TPSA) is 57.7 Å². The van der Waals surface area contributed by atoms with Crippen LogP contribution < -0.4 is 10.1 Å². The van der Waals surface area contributed by atoms with E-state index in [9.17, 15) is 4.79 Å². The zero-order valence-corrected chi connectivity index (χ0v) is 17.6. The number of methoxy groups -OCH3 is 1. The Morgan fingerprint density at radius 2 is 1.86 bits per heavy atom. The smallest absolute Gasteiger partial charge is 0.317 e. The Kier molecular flexibility index (Phi) is 5.97. The summed E-state index contributed by atoms with van der Waals surface area (Å²) in [6, 6.07) is 16.2. The first-order valence-corrected chi connectivity index (χ1v) is 10.7. The first-order valence-electron chi connectivity index (χ1n) is 9.90. The molecule has 4 rings (SSSR count). The molecule has 29 heavy (non-hydrogen) atoms. The average molecular weight is 411 g/mol. The zero-order valence-electron chi connectivity index (χ0n) is 16.8. The molecule has 1 aliphatic heterocycles. The van der Waals surface area contributed by atoms with Gasteiger partial charge in [0.05, 0.1) is 23.4 Å². The number of carbonyl (C=O) groups excluding carboxylic acids is 1. The summed E-state index contributed by atoms with van der Waals surface area (Å²) in [5.74, 6) is 0.794. The summed E-state index contributed by atoms with van der Waals surface area (Å²) < 4.78 is 6.58. The molecule has 0 saturated carbocycles. The number of urea groups is 1. The van der Waals surface area contributed by atoms with E-state index in [0.717, 1.165) is 34.9 Å². The first kappa shape index (κ1) is 19.7. The lowest BCUT2D eigenvalue weighted by atomic mass is 10.2. The van der Waals surface area contributed by atoms with Gasteiger partial charge in [0.15, 0.2) is 0 Å². The van der Waals surface area contributed by atoms with E-state index in [1.807, 2.05) is 35.2 Å². The fraction of sp³-hybridized carbons (Fsp3) is 0.364. The highest BCUT2D eigenvalue weighted by Crippen LogP contribution is 2.29. The Morgan fingerprint density at radius 3 is 2.62 bits per heavy atom. The number of piperazine rings is 1. The summed E-state index contributed by atoms with van der Waals surface area (Å²) >= 11 is 1.76. The number of nitrogens with one attached hydrogen (secondary N) is 1. The summed E-state index contributed by atoms with van der Waals surface area (Å²) in [4.78, 5) is 21.7. The molecule has 2 amide bonds. The maximum atomic E-state index is 12.6. The minimum Gasteiger partial charge on any atom is -0.496 e. The van der Waals surface area contributed by atoms with E-state index in [4.69, 9.17) is 9.72 Å². The molecule has 1 aliphatic rings. The Balaban J connectivity index is 1.31. The number of ether oxygens (including phenoxy) is 1. The van der Waals surface area contributed by atoms with Crippen molar-refractivity contribution in [2.75, 3.05) is 33.3 Å². The number of nitrogens with zero attached hydrogens (tertiary/aromatic N) is 3. The van der Waals surface area contributed by atoms with Crippen LogP contribution in [-0.2, 0) is 6.54 Å². The summed E-state index contributed by atoms with van der Waals surface area (Å²) in [5, 5.41) is 4.15. The number of amides is 2. The van der Waals surface area contributed by atoms with Crippen LogP contribution in [0.25, 0.3) is 10.2 Å². The van der Waals surface area contributed by atoms with Crippen LogP contribution in [0.15, 0.2) is 48.5 Å². The molecule has 7 heteroatoms. The van der Waals surface area contributed by atoms with E-state index in [-0.39, 0.29) is 12.1 Å². The highest BCUT2D eigenvalue weighted by molar-refractivity contribution is 7.18. The van der Waals surface area contributed by atoms with Crippen molar-refractivity contribution in [3.8, 4) is 5.75 Å². The third kappa shape index (κ3) is 4.36. The normalized spacial score (nSPS) is 16.0. The van der Waals surface area contributed by atoms with Gasteiger partial charge >= 0.3 is 6.03 Å². The van der Waals surface area contributed by atoms with Gasteiger partial charge in [-0.15, -0.1) is 11.3 Å². The number of aromatic nitrogens is 1. The predicted molar refractivity (Wildman–Crippen MR) is 116 cm³/mol. The third-order valence-corrected chi connectivity index (χ3v) is 6.65. The number of fused-ring (bicyclic) bond motifs is 1. The van der Waals surface area contributed by atoms with Crippen LogP contribution in [0.5, 0.6) is 5.75 Å². The van der Waals surface area contributed by atoms with Crippen molar-refractivity contribution in [3.63, 3.8) is 0 Å². The van der Waals surface area contributed by atoms with Crippen LogP contribution in [-0.4, -0.2) is 54.1 Å². The molecule has 1 fully saturated rings. The van der Waals surface area contributed by atoms with Gasteiger partial charge in [-0.3, -0.25) is 4.90 Å². The molecule has 0 aliphatic carbocycles.